The minimum absolute atomic E-state index is 0.382. The highest BCUT2D eigenvalue weighted by Gasteiger charge is 2.06. The van der Waals surface area contributed by atoms with Crippen LogP contribution in [0.2, 0.25) is 0 Å². The summed E-state index contributed by atoms with van der Waals surface area (Å²) >= 11 is 1.56. The van der Waals surface area contributed by atoms with Crippen molar-refractivity contribution in [2.75, 3.05) is 7.11 Å². The van der Waals surface area contributed by atoms with Crippen LogP contribution in [0.3, 0.4) is 0 Å². The van der Waals surface area contributed by atoms with Gasteiger partial charge < -0.3 is 14.6 Å². The van der Waals surface area contributed by atoms with Crippen molar-refractivity contribution in [2.45, 2.75) is 13.5 Å². The van der Waals surface area contributed by atoms with Gasteiger partial charge in [-0.2, -0.15) is 0 Å². The van der Waals surface area contributed by atoms with Crippen LogP contribution in [0.25, 0.3) is 6.08 Å². The molecule has 2 rings (SSSR count). The highest BCUT2D eigenvalue weighted by Crippen LogP contribution is 2.27. The molecule has 6 heteroatoms. The standard InChI is InChI=1S/C15H15NO4S/c1-10-16-8-13(21-10)9-20-14-7-12(19-2)5-3-11(14)4-6-15(17)18/h3-8H,9H2,1-2H3,(H,17,18). The Bertz CT molecular complexity index is 663. The molecule has 0 saturated heterocycles. The van der Waals surface area contributed by atoms with E-state index in [1.54, 1.807) is 42.8 Å². The van der Waals surface area contributed by atoms with Gasteiger partial charge in [0.2, 0.25) is 0 Å². The maximum atomic E-state index is 10.6. The molecule has 0 spiro atoms. The first-order valence-electron chi connectivity index (χ1n) is 6.21. The summed E-state index contributed by atoms with van der Waals surface area (Å²) in [5.74, 6) is 0.214. The van der Waals surface area contributed by atoms with Crippen molar-refractivity contribution in [3.8, 4) is 11.5 Å². The number of benzene rings is 1. The highest BCUT2D eigenvalue weighted by atomic mass is 32.1. The smallest absolute Gasteiger partial charge is 0.328 e. The molecule has 0 aliphatic carbocycles. The van der Waals surface area contributed by atoms with Gasteiger partial charge in [0.1, 0.15) is 18.1 Å². The Morgan fingerprint density at radius 3 is 2.90 bits per heavy atom. The molecule has 2 aromatic rings. The van der Waals surface area contributed by atoms with E-state index in [1.807, 2.05) is 6.92 Å². The molecule has 21 heavy (non-hydrogen) atoms. The fourth-order valence-electron chi connectivity index (χ4n) is 1.69. The van der Waals surface area contributed by atoms with Gasteiger partial charge in [0.05, 0.1) is 17.0 Å². The lowest BCUT2D eigenvalue weighted by molar-refractivity contribution is -0.131. The Morgan fingerprint density at radius 2 is 2.29 bits per heavy atom. The highest BCUT2D eigenvalue weighted by molar-refractivity contribution is 7.11. The molecule has 1 aromatic heterocycles. The summed E-state index contributed by atoms with van der Waals surface area (Å²) < 4.78 is 10.9. The van der Waals surface area contributed by atoms with Gasteiger partial charge in [-0.25, -0.2) is 9.78 Å². The maximum absolute atomic E-state index is 10.6. The number of thiazole rings is 1. The van der Waals surface area contributed by atoms with Crippen LogP contribution in [0.1, 0.15) is 15.4 Å². The molecule has 0 aliphatic heterocycles. The van der Waals surface area contributed by atoms with Gasteiger partial charge in [0.25, 0.3) is 0 Å². The number of rotatable bonds is 6. The number of carboxylic acid groups (broad SMARTS) is 1. The summed E-state index contributed by atoms with van der Waals surface area (Å²) in [6, 6.07) is 5.24. The molecule has 0 amide bonds. The first kappa shape index (κ1) is 15.1. The second-order valence-corrected chi connectivity index (χ2v) is 5.53. The molecule has 0 saturated carbocycles. The van der Waals surface area contributed by atoms with Crippen molar-refractivity contribution in [3.63, 3.8) is 0 Å². The van der Waals surface area contributed by atoms with Crippen molar-refractivity contribution in [2.24, 2.45) is 0 Å². The molecular formula is C15H15NO4S. The summed E-state index contributed by atoms with van der Waals surface area (Å²) in [6.07, 6.45) is 4.34. The molecule has 1 N–H and O–H groups in total. The van der Waals surface area contributed by atoms with E-state index in [0.717, 1.165) is 16.0 Å². The van der Waals surface area contributed by atoms with Crippen LogP contribution in [0.5, 0.6) is 11.5 Å². The van der Waals surface area contributed by atoms with Crippen LogP contribution in [0.4, 0.5) is 0 Å². The Morgan fingerprint density at radius 1 is 1.48 bits per heavy atom. The fourth-order valence-corrected chi connectivity index (χ4v) is 2.39. The molecule has 5 nitrogen and oxygen atoms in total. The Hall–Kier alpha value is -2.34. The third kappa shape index (κ3) is 4.32. The number of hydrogen-bond donors (Lipinski definition) is 1. The van der Waals surface area contributed by atoms with E-state index in [9.17, 15) is 4.79 Å². The van der Waals surface area contributed by atoms with Crippen molar-refractivity contribution in [1.29, 1.82) is 0 Å². The van der Waals surface area contributed by atoms with E-state index >= 15 is 0 Å². The van der Waals surface area contributed by atoms with Crippen molar-refractivity contribution < 1.29 is 19.4 Å². The number of aryl methyl sites for hydroxylation is 1. The lowest BCUT2D eigenvalue weighted by Crippen LogP contribution is -1.96. The van der Waals surface area contributed by atoms with E-state index in [-0.39, 0.29) is 0 Å². The first-order valence-corrected chi connectivity index (χ1v) is 7.03. The third-order valence-corrected chi connectivity index (χ3v) is 3.55. The van der Waals surface area contributed by atoms with Gasteiger partial charge in [-0.1, -0.05) is 0 Å². The van der Waals surface area contributed by atoms with Crippen molar-refractivity contribution >= 4 is 23.4 Å². The van der Waals surface area contributed by atoms with Crippen LogP contribution in [0.15, 0.2) is 30.5 Å². The van der Waals surface area contributed by atoms with Gasteiger partial charge in [-0.05, 0) is 25.1 Å². The molecule has 1 aromatic carbocycles. The number of hydrogen-bond acceptors (Lipinski definition) is 5. The predicted molar refractivity (Wildman–Crippen MR) is 80.8 cm³/mol. The predicted octanol–water partition coefficient (Wildman–Crippen LogP) is 3.14. The number of carboxylic acids is 1. The molecule has 0 bridgehead atoms. The minimum atomic E-state index is -1.00. The lowest BCUT2D eigenvalue weighted by atomic mass is 10.1. The molecule has 0 unspecified atom stereocenters. The normalized spacial score (nSPS) is 10.8. The van der Waals surface area contributed by atoms with Gasteiger partial charge >= 0.3 is 5.97 Å². The van der Waals surface area contributed by atoms with E-state index < -0.39 is 5.97 Å². The monoisotopic (exact) mass is 305 g/mol. The van der Waals surface area contributed by atoms with Gasteiger partial charge in [0, 0.05) is 23.9 Å². The number of ether oxygens (including phenoxy) is 2. The number of aliphatic carboxylic acids is 1. The lowest BCUT2D eigenvalue weighted by Gasteiger charge is -2.10. The van der Waals surface area contributed by atoms with Gasteiger partial charge in [-0.3, -0.25) is 0 Å². The van der Waals surface area contributed by atoms with Gasteiger partial charge in [0.15, 0.2) is 0 Å². The molecule has 0 aliphatic rings. The SMILES string of the molecule is COc1ccc(C=CC(=O)O)c(OCc2cnc(C)s2)c1. The maximum Gasteiger partial charge on any atom is 0.328 e. The quantitative estimate of drug-likeness (QED) is 0.830. The topological polar surface area (TPSA) is 68.7 Å². The summed E-state index contributed by atoms with van der Waals surface area (Å²) in [5, 5.41) is 9.70. The zero-order valence-electron chi connectivity index (χ0n) is 11.7. The number of aromatic nitrogens is 1. The van der Waals surface area contributed by atoms with Crippen molar-refractivity contribution in [3.05, 3.63) is 45.9 Å². The van der Waals surface area contributed by atoms with E-state index in [0.29, 0.717) is 23.7 Å². The first-order chi connectivity index (χ1) is 10.1. The summed E-state index contributed by atoms with van der Waals surface area (Å²) in [7, 11) is 1.57. The molecule has 110 valence electrons. The molecule has 1 heterocycles. The van der Waals surface area contributed by atoms with E-state index in [4.69, 9.17) is 14.6 Å². The largest absolute Gasteiger partial charge is 0.497 e. The Balaban J connectivity index is 2.19. The van der Waals surface area contributed by atoms with Crippen molar-refractivity contribution in [1.82, 2.24) is 4.98 Å². The van der Waals surface area contributed by atoms with Crippen LogP contribution in [-0.2, 0) is 11.4 Å². The Kier molecular flexibility index (Phi) is 4.94. The summed E-state index contributed by atoms with van der Waals surface area (Å²) in [6.45, 7) is 2.31. The van der Waals surface area contributed by atoms with Gasteiger partial charge in [-0.15, -0.1) is 11.3 Å². The molecule has 0 fully saturated rings. The number of methoxy groups -OCH3 is 1. The Labute approximate surface area is 126 Å². The zero-order valence-corrected chi connectivity index (χ0v) is 12.5. The van der Waals surface area contributed by atoms with Crippen LogP contribution in [0, 0.1) is 6.92 Å². The van der Waals surface area contributed by atoms with Crippen LogP contribution < -0.4 is 9.47 Å². The summed E-state index contributed by atoms with van der Waals surface area (Å²) in [5.41, 5.74) is 0.680. The average Bonchev–Trinajstić information content (AvgIpc) is 2.88. The number of carbonyl (C=O) groups is 1. The second kappa shape index (κ2) is 6.90. The fraction of sp³-hybridized carbons (Fsp3) is 0.200. The van der Waals surface area contributed by atoms with Crippen LogP contribution >= 0.6 is 11.3 Å². The molecular weight excluding hydrogens is 290 g/mol. The number of nitrogens with zero attached hydrogens (tertiary/aromatic N) is 1. The summed E-state index contributed by atoms with van der Waals surface area (Å²) in [4.78, 5) is 15.8. The second-order valence-electron chi connectivity index (χ2n) is 4.21. The third-order valence-electron chi connectivity index (χ3n) is 2.67. The minimum Gasteiger partial charge on any atom is -0.497 e. The molecule has 0 radical (unpaired) electrons. The van der Waals surface area contributed by atoms with Crippen LogP contribution in [-0.4, -0.2) is 23.2 Å². The zero-order chi connectivity index (χ0) is 15.2. The van der Waals surface area contributed by atoms with E-state index in [2.05, 4.69) is 4.98 Å². The molecule has 0 atom stereocenters. The van der Waals surface area contributed by atoms with E-state index in [1.165, 1.54) is 6.08 Å². The average molecular weight is 305 g/mol.